The van der Waals surface area contributed by atoms with E-state index in [0.29, 0.717) is 25.6 Å². The molecule has 0 bridgehead atoms. The lowest BCUT2D eigenvalue weighted by Crippen LogP contribution is -2.45. The highest BCUT2D eigenvalue weighted by Crippen LogP contribution is 2.19. The van der Waals surface area contributed by atoms with E-state index in [9.17, 15) is 14.0 Å². The maximum atomic E-state index is 13.3. The normalized spacial score (nSPS) is 12.1. The fraction of sp³-hybridized carbons (Fsp3) is 0.500. The molecule has 2 rings (SSSR count). The summed E-state index contributed by atoms with van der Waals surface area (Å²) in [5.74, 6) is -0.230. The van der Waals surface area contributed by atoms with Gasteiger partial charge in [0.05, 0.1) is 13.1 Å². The number of halogens is 1. The first kappa shape index (κ1) is 24.1. The van der Waals surface area contributed by atoms with Gasteiger partial charge in [0, 0.05) is 28.8 Å². The molecule has 1 aromatic heterocycles. The molecule has 6 heteroatoms. The van der Waals surface area contributed by atoms with Crippen LogP contribution < -0.4 is 0 Å². The van der Waals surface area contributed by atoms with Crippen molar-refractivity contribution in [1.82, 2.24) is 9.80 Å². The van der Waals surface area contributed by atoms with Crippen LogP contribution in [0.4, 0.5) is 4.39 Å². The zero-order chi connectivity index (χ0) is 22.3. The van der Waals surface area contributed by atoms with Gasteiger partial charge in [0.25, 0.3) is 0 Å². The van der Waals surface area contributed by atoms with Crippen molar-refractivity contribution in [3.8, 4) is 0 Å². The molecule has 0 aliphatic rings. The number of nitrogens with zero attached hydrogens (tertiary/aromatic N) is 2. The molecule has 0 saturated carbocycles. The minimum absolute atomic E-state index is 0.00245. The van der Waals surface area contributed by atoms with E-state index >= 15 is 0 Å². The van der Waals surface area contributed by atoms with Gasteiger partial charge in [-0.1, -0.05) is 46.2 Å². The average Bonchev–Trinajstić information content (AvgIpc) is 3.12. The van der Waals surface area contributed by atoms with Crippen molar-refractivity contribution in [2.45, 2.75) is 54.1 Å². The van der Waals surface area contributed by atoms with E-state index in [0.717, 1.165) is 16.9 Å². The fourth-order valence-electron chi connectivity index (χ4n) is 3.17. The molecule has 0 N–H and O–H groups in total. The van der Waals surface area contributed by atoms with Crippen molar-refractivity contribution >= 4 is 23.2 Å². The third kappa shape index (κ3) is 7.24. The second kappa shape index (κ2) is 11.3. The third-order valence-corrected chi connectivity index (χ3v) is 6.13. The van der Waals surface area contributed by atoms with Crippen molar-refractivity contribution in [3.63, 3.8) is 0 Å². The molecule has 164 valence electrons. The van der Waals surface area contributed by atoms with Gasteiger partial charge >= 0.3 is 0 Å². The SMILES string of the molecule is CC[C@@H](C)CN(CC(=O)N(Cc1ccc(F)cc1)Cc1ccc(C)s1)C(=O)C(C)C. The monoisotopic (exact) mass is 432 g/mol. The molecule has 0 radical (unpaired) electrons. The first-order valence-corrected chi connectivity index (χ1v) is 11.4. The van der Waals surface area contributed by atoms with Crippen LogP contribution in [0.3, 0.4) is 0 Å². The van der Waals surface area contributed by atoms with E-state index in [1.165, 1.54) is 17.0 Å². The van der Waals surface area contributed by atoms with Crippen molar-refractivity contribution in [1.29, 1.82) is 0 Å². The van der Waals surface area contributed by atoms with Crippen LogP contribution in [-0.4, -0.2) is 34.7 Å². The summed E-state index contributed by atoms with van der Waals surface area (Å²) in [6, 6.07) is 10.3. The summed E-state index contributed by atoms with van der Waals surface area (Å²) in [6.45, 7) is 11.4. The molecule has 0 unspecified atom stereocenters. The van der Waals surface area contributed by atoms with E-state index in [2.05, 4.69) is 13.8 Å². The van der Waals surface area contributed by atoms with Crippen LogP contribution in [0.25, 0.3) is 0 Å². The zero-order valence-electron chi connectivity index (χ0n) is 18.7. The average molecular weight is 433 g/mol. The molecular weight excluding hydrogens is 399 g/mol. The Morgan fingerprint density at radius 1 is 1.00 bits per heavy atom. The Morgan fingerprint density at radius 2 is 1.67 bits per heavy atom. The van der Waals surface area contributed by atoms with E-state index in [1.54, 1.807) is 33.3 Å². The lowest BCUT2D eigenvalue weighted by Gasteiger charge is -2.30. The third-order valence-electron chi connectivity index (χ3n) is 5.14. The van der Waals surface area contributed by atoms with Crippen LogP contribution in [0, 0.1) is 24.6 Å². The first-order valence-electron chi connectivity index (χ1n) is 10.6. The molecular formula is C24H33FN2O2S. The van der Waals surface area contributed by atoms with Crippen molar-refractivity contribution < 1.29 is 14.0 Å². The number of hydrogen-bond acceptors (Lipinski definition) is 3. The topological polar surface area (TPSA) is 40.6 Å². The van der Waals surface area contributed by atoms with Gasteiger partial charge in [-0.05, 0) is 42.7 Å². The van der Waals surface area contributed by atoms with Crippen LogP contribution in [-0.2, 0) is 22.7 Å². The second-order valence-corrected chi connectivity index (χ2v) is 9.65. The Balaban J connectivity index is 2.21. The van der Waals surface area contributed by atoms with Gasteiger partial charge in [0.2, 0.25) is 11.8 Å². The molecule has 2 aromatic rings. The molecule has 30 heavy (non-hydrogen) atoms. The summed E-state index contributed by atoms with van der Waals surface area (Å²) >= 11 is 1.66. The van der Waals surface area contributed by atoms with Crippen LogP contribution in [0.15, 0.2) is 36.4 Å². The molecule has 0 aliphatic carbocycles. The summed E-state index contributed by atoms with van der Waals surface area (Å²) < 4.78 is 13.3. The first-order chi connectivity index (χ1) is 14.2. The lowest BCUT2D eigenvalue weighted by molar-refractivity contribution is -0.143. The van der Waals surface area contributed by atoms with Gasteiger partial charge in [-0.2, -0.15) is 0 Å². The van der Waals surface area contributed by atoms with E-state index in [-0.39, 0.29) is 30.1 Å². The smallest absolute Gasteiger partial charge is 0.242 e. The molecule has 4 nitrogen and oxygen atoms in total. The minimum atomic E-state index is -0.298. The zero-order valence-corrected chi connectivity index (χ0v) is 19.5. The Hall–Kier alpha value is -2.21. The molecule has 0 spiro atoms. The molecule has 0 fully saturated rings. The summed E-state index contributed by atoms with van der Waals surface area (Å²) in [6.07, 6.45) is 0.948. The van der Waals surface area contributed by atoms with Gasteiger partial charge in [-0.3, -0.25) is 9.59 Å². The highest BCUT2D eigenvalue weighted by atomic mass is 32.1. The summed E-state index contributed by atoms with van der Waals surface area (Å²) in [7, 11) is 0. The van der Waals surface area contributed by atoms with Crippen LogP contribution in [0.2, 0.25) is 0 Å². The molecule has 1 heterocycles. The van der Waals surface area contributed by atoms with Crippen molar-refractivity contribution in [2.75, 3.05) is 13.1 Å². The Kier molecular flexibility index (Phi) is 9.03. The number of rotatable bonds is 10. The van der Waals surface area contributed by atoms with Crippen molar-refractivity contribution in [3.05, 3.63) is 57.5 Å². The predicted molar refractivity (Wildman–Crippen MR) is 121 cm³/mol. The molecule has 0 saturated heterocycles. The second-order valence-electron chi connectivity index (χ2n) is 8.28. The maximum absolute atomic E-state index is 13.3. The summed E-state index contributed by atoms with van der Waals surface area (Å²) in [5, 5.41) is 0. The summed E-state index contributed by atoms with van der Waals surface area (Å²) in [5.41, 5.74) is 0.863. The quantitative estimate of drug-likeness (QED) is 0.514. The van der Waals surface area contributed by atoms with Gasteiger partial charge < -0.3 is 9.80 Å². The molecule has 1 atom stereocenters. The number of amides is 2. The fourth-order valence-corrected chi connectivity index (χ4v) is 4.07. The predicted octanol–water partition coefficient (Wildman–Crippen LogP) is 5.26. The highest BCUT2D eigenvalue weighted by Gasteiger charge is 2.24. The number of hydrogen-bond donors (Lipinski definition) is 0. The minimum Gasteiger partial charge on any atom is -0.333 e. The molecule has 0 aliphatic heterocycles. The molecule has 2 amide bonds. The number of carbonyl (C=O) groups excluding carboxylic acids is 2. The Morgan fingerprint density at radius 3 is 2.20 bits per heavy atom. The standard InChI is InChI=1S/C24H33FN2O2S/c1-6-18(4)13-27(24(29)17(2)3)16-23(28)26(15-22-12-7-19(5)30-22)14-20-8-10-21(25)11-9-20/h7-12,17-18H,6,13-16H2,1-5H3/t18-/m1/s1. The number of carbonyl (C=O) groups is 2. The van der Waals surface area contributed by atoms with Gasteiger partial charge in [-0.15, -0.1) is 11.3 Å². The Labute approximate surface area is 183 Å². The summed E-state index contributed by atoms with van der Waals surface area (Å²) in [4.78, 5) is 31.8. The highest BCUT2D eigenvalue weighted by molar-refractivity contribution is 7.11. The Bertz CT molecular complexity index is 832. The lowest BCUT2D eigenvalue weighted by atomic mass is 10.1. The molecule has 1 aromatic carbocycles. The number of thiophene rings is 1. The van der Waals surface area contributed by atoms with E-state index in [1.807, 2.05) is 32.9 Å². The number of benzene rings is 1. The van der Waals surface area contributed by atoms with Gasteiger partial charge in [-0.25, -0.2) is 4.39 Å². The number of aryl methyl sites for hydroxylation is 1. The van der Waals surface area contributed by atoms with Crippen LogP contribution >= 0.6 is 11.3 Å². The van der Waals surface area contributed by atoms with Crippen molar-refractivity contribution in [2.24, 2.45) is 11.8 Å². The van der Waals surface area contributed by atoms with E-state index < -0.39 is 0 Å². The van der Waals surface area contributed by atoms with Crippen LogP contribution in [0.1, 0.15) is 49.4 Å². The van der Waals surface area contributed by atoms with Gasteiger partial charge in [0.1, 0.15) is 5.82 Å². The maximum Gasteiger partial charge on any atom is 0.242 e. The van der Waals surface area contributed by atoms with E-state index in [4.69, 9.17) is 0 Å². The largest absolute Gasteiger partial charge is 0.333 e. The van der Waals surface area contributed by atoms with Crippen LogP contribution in [0.5, 0.6) is 0 Å². The van der Waals surface area contributed by atoms with Gasteiger partial charge in [0.15, 0.2) is 0 Å².